The van der Waals surface area contributed by atoms with Gasteiger partial charge >= 0.3 is 5.69 Å². The highest BCUT2D eigenvalue weighted by Gasteiger charge is 2.35. The Hall–Kier alpha value is -2.16. The van der Waals surface area contributed by atoms with Crippen LogP contribution in [0.25, 0.3) is 0 Å². The minimum absolute atomic E-state index is 0.290. The van der Waals surface area contributed by atoms with Crippen LogP contribution in [0.15, 0.2) is 38.6 Å². The Morgan fingerprint density at radius 2 is 2.30 bits per heavy atom. The normalized spacial score (nSPS) is 24.2. The fourth-order valence-electron chi connectivity index (χ4n) is 2.62. The highest BCUT2D eigenvalue weighted by Crippen LogP contribution is 2.27. The van der Waals surface area contributed by atoms with Crippen molar-refractivity contribution in [3.63, 3.8) is 0 Å². The van der Waals surface area contributed by atoms with Crippen LogP contribution < -0.4 is 16.6 Å². The topological polar surface area (TPSA) is 109 Å². The van der Waals surface area contributed by atoms with Crippen molar-refractivity contribution >= 4 is 0 Å². The number of ether oxygens (including phenoxy) is 1. The summed E-state index contributed by atoms with van der Waals surface area (Å²) in [6, 6.07) is 3.66. The first-order valence-corrected chi connectivity index (χ1v) is 7.43. The number of aromatic amines is 1. The quantitative estimate of drug-likeness (QED) is 0.708. The lowest BCUT2D eigenvalue weighted by Gasteiger charge is -2.16. The van der Waals surface area contributed by atoms with Crippen LogP contribution in [0.5, 0.6) is 0 Å². The van der Waals surface area contributed by atoms with E-state index in [2.05, 4.69) is 10.3 Å². The summed E-state index contributed by atoms with van der Waals surface area (Å²) in [4.78, 5) is 25.5. The van der Waals surface area contributed by atoms with Crippen LogP contribution in [-0.4, -0.2) is 33.4 Å². The number of hydrogen-bond acceptors (Lipinski definition) is 6. The fraction of sp³-hybridized carbons (Fsp3) is 0.467. The molecular weight excluding hydrogens is 302 g/mol. The van der Waals surface area contributed by atoms with Crippen LogP contribution in [0.4, 0.5) is 0 Å². The second-order valence-corrected chi connectivity index (χ2v) is 5.62. The van der Waals surface area contributed by atoms with E-state index in [1.807, 2.05) is 6.07 Å². The SMILES string of the molecule is Cc1cn([C@H]2CC(O)[C@@H](CNCc3ccco3)O2)c(=O)[nH]c1=O. The van der Waals surface area contributed by atoms with E-state index in [-0.39, 0.29) is 0 Å². The Balaban J connectivity index is 1.63. The molecule has 124 valence electrons. The summed E-state index contributed by atoms with van der Waals surface area (Å²) < 4.78 is 12.3. The van der Waals surface area contributed by atoms with Crippen LogP contribution in [-0.2, 0) is 11.3 Å². The number of nitrogens with one attached hydrogen (secondary N) is 2. The third-order valence-electron chi connectivity index (χ3n) is 3.89. The molecule has 3 atom stereocenters. The van der Waals surface area contributed by atoms with Gasteiger partial charge in [0.05, 0.1) is 25.0 Å². The van der Waals surface area contributed by atoms with Gasteiger partial charge in [0.2, 0.25) is 0 Å². The van der Waals surface area contributed by atoms with Crippen molar-refractivity contribution in [2.75, 3.05) is 6.54 Å². The molecule has 0 spiro atoms. The van der Waals surface area contributed by atoms with Gasteiger partial charge in [-0.25, -0.2) is 4.79 Å². The van der Waals surface area contributed by atoms with Gasteiger partial charge in [0.1, 0.15) is 12.0 Å². The van der Waals surface area contributed by atoms with Crippen LogP contribution in [0.3, 0.4) is 0 Å². The molecule has 1 unspecified atom stereocenters. The van der Waals surface area contributed by atoms with Crippen LogP contribution >= 0.6 is 0 Å². The first-order valence-electron chi connectivity index (χ1n) is 7.43. The van der Waals surface area contributed by atoms with Crippen molar-refractivity contribution < 1.29 is 14.3 Å². The Bertz CT molecular complexity index is 764. The summed E-state index contributed by atoms with van der Waals surface area (Å²) in [5, 5.41) is 13.3. The van der Waals surface area contributed by atoms with E-state index >= 15 is 0 Å². The zero-order chi connectivity index (χ0) is 16.4. The molecule has 0 aromatic carbocycles. The molecule has 1 saturated heterocycles. The number of aliphatic hydroxyl groups excluding tert-OH is 1. The Morgan fingerprint density at radius 3 is 3.04 bits per heavy atom. The number of hydrogen-bond donors (Lipinski definition) is 3. The molecule has 23 heavy (non-hydrogen) atoms. The zero-order valence-corrected chi connectivity index (χ0v) is 12.7. The molecular formula is C15H19N3O5. The maximum Gasteiger partial charge on any atom is 0.330 e. The molecule has 3 N–H and O–H groups in total. The second-order valence-electron chi connectivity index (χ2n) is 5.62. The largest absolute Gasteiger partial charge is 0.468 e. The van der Waals surface area contributed by atoms with E-state index in [1.54, 1.807) is 19.3 Å². The van der Waals surface area contributed by atoms with Gasteiger partial charge < -0.3 is 19.6 Å². The smallest absolute Gasteiger partial charge is 0.330 e. The molecule has 8 nitrogen and oxygen atoms in total. The van der Waals surface area contributed by atoms with Gasteiger partial charge in [0.15, 0.2) is 0 Å². The summed E-state index contributed by atoms with van der Waals surface area (Å²) in [7, 11) is 0. The number of aliphatic hydroxyl groups is 1. The summed E-state index contributed by atoms with van der Waals surface area (Å²) in [6.07, 6.45) is 1.62. The van der Waals surface area contributed by atoms with Gasteiger partial charge in [-0.05, 0) is 19.1 Å². The molecule has 1 aliphatic heterocycles. The second kappa shape index (κ2) is 6.53. The molecule has 0 amide bonds. The van der Waals surface area contributed by atoms with Gasteiger partial charge in [-0.1, -0.05) is 0 Å². The number of aryl methyl sites for hydroxylation is 1. The van der Waals surface area contributed by atoms with E-state index in [1.165, 1.54) is 10.8 Å². The number of H-pyrrole nitrogens is 1. The highest BCUT2D eigenvalue weighted by atomic mass is 16.5. The van der Waals surface area contributed by atoms with Gasteiger partial charge in [-0.15, -0.1) is 0 Å². The molecule has 1 aliphatic rings. The van der Waals surface area contributed by atoms with Gasteiger partial charge in [0.25, 0.3) is 5.56 Å². The van der Waals surface area contributed by atoms with Crippen molar-refractivity contribution in [2.45, 2.75) is 38.3 Å². The molecule has 0 saturated carbocycles. The summed E-state index contributed by atoms with van der Waals surface area (Å²) in [6.45, 7) is 2.57. The Morgan fingerprint density at radius 1 is 1.48 bits per heavy atom. The van der Waals surface area contributed by atoms with E-state index in [0.29, 0.717) is 25.1 Å². The molecule has 0 bridgehead atoms. The summed E-state index contributed by atoms with van der Waals surface area (Å²) in [5.41, 5.74) is -0.537. The minimum atomic E-state index is -0.691. The third-order valence-corrected chi connectivity index (χ3v) is 3.89. The number of aromatic nitrogens is 2. The van der Waals surface area contributed by atoms with Crippen molar-refractivity contribution in [1.82, 2.24) is 14.9 Å². The average molecular weight is 321 g/mol. The van der Waals surface area contributed by atoms with E-state index in [9.17, 15) is 14.7 Å². The molecule has 2 aromatic heterocycles. The van der Waals surface area contributed by atoms with E-state index in [4.69, 9.17) is 9.15 Å². The Kier molecular flexibility index (Phi) is 4.46. The van der Waals surface area contributed by atoms with Crippen LogP contribution in [0.1, 0.15) is 24.0 Å². The monoisotopic (exact) mass is 321 g/mol. The maximum atomic E-state index is 11.9. The van der Waals surface area contributed by atoms with Gasteiger partial charge in [-0.2, -0.15) is 0 Å². The average Bonchev–Trinajstić information content (AvgIpc) is 3.13. The first-order chi connectivity index (χ1) is 11.0. The van der Waals surface area contributed by atoms with Crippen molar-refractivity contribution in [2.24, 2.45) is 0 Å². The predicted molar refractivity (Wildman–Crippen MR) is 81.0 cm³/mol. The number of rotatable bonds is 5. The predicted octanol–water partition coefficient (Wildman–Crippen LogP) is -0.124. The van der Waals surface area contributed by atoms with Gasteiger partial charge in [-0.3, -0.25) is 14.3 Å². The van der Waals surface area contributed by atoms with E-state index < -0.39 is 29.7 Å². The van der Waals surface area contributed by atoms with E-state index in [0.717, 1.165) is 5.76 Å². The third kappa shape index (κ3) is 3.44. The minimum Gasteiger partial charge on any atom is -0.468 e. The molecule has 0 radical (unpaired) electrons. The van der Waals surface area contributed by atoms with Crippen molar-refractivity contribution in [3.8, 4) is 0 Å². The Labute approximate surface area is 131 Å². The van der Waals surface area contributed by atoms with Crippen molar-refractivity contribution in [3.05, 3.63) is 56.8 Å². The molecule has 8 heteroatoms. The lowest BCUT2D eigenvalue weighted by atomic mass is 10.2. The summed E-state index contributed by atoms with van der Waals surface area (Å²) >= 11 is 0. The fourth-order valence-corrected chi connectivity index (χ4v) is 2.62. The first kappa shape index (κ1) is 15.7. The maximum absolute atomic E-state index is 11.9. The van der Waals surface area contributed by atoms with Crippen LogP contribution in [0, 0.1) is 6.92 Å². The molecule has 0 aliphatic carbocycles. The standard InChI is InChI=1S/C15H19N3O5/c1-9-8-18(15(21)17-14(9)20)13-5-11(19)12(23-13)7-16-6-10-3-2-4-22-10/h2-4,8,11-13,16,19H,5-7H2,1H3,(H,17,20,21)/t11?,12-,13-/m1/s1. The lowest BCUT2D eigenvalue weighted by molar-refractivity contribution is -0.0195. The number of furan rings is 1. The zero-order valence-electron chi connectivity index (χ0n) is 12.7. The molecule has 2 aromatic rings. The van der Waals surface area contributed by atoms with Gasteiger partial charge in [0, 0.05) is 24.7 Å². The molecule has 1 fully saturated rings. The highest BCUT2D eigenvalue weighted by molar-refractivity contribution is 5.02. The van der Waals surface area contributed by atoms with Crippen LogP contribution in [0.2, 0.25) is 0 Å². The molecule has 3 heterocycles. The lowest BCUT2D eigenvalue weighted by Crippen LogP contribution is -2.35. The summed E-state index contributed by atoms with van der Waals surface area (Å²) in [5.74, 6) is 0.793. The number of nitrogens with zero attached hydrogens (tertiary/aromatic N) is 1. The van der Waals surface area contributed by atoms with Crippen molar-refractivity contribution in [1.29, 1.82) is 0 Å². The molecule has 3 rings (SSSR count).